The van der Waals surface area contributed by atoms with E-state index in [2.05, 4.69) is 22.2 Å². The number of ether oxygens (including phenoxy) is 2. The van der Waals surface area contributed by atoms with Crippen LogP contribution in [0.4, 0.5) is 10.7 Å². The fraction of sp³-hybridized carbons (Fsp3) is 0.200. The normalized spacial score (nSPS) is 14.2. The van der Waals surface area contributed by atoms with Crippen molar-refractivity contribution in [1.82, 2.24) is 15.3 Å². The van der Waals surface area contributed by atoms with Gasteiger partial charge in [0.2, 0.25) is 11.8 Å². The predicted octanol–water partition coefficient (Wildman–Crippen LogP) is 4.67. The van der Waals surface area contributed by atoms with Crippen LogP contribution in [0.2, 0.25) is 0 Å². The Bertz CT molecular complexity index is 1200. The third-order valence-corrected chi connectivity index (χ3v) is 5.84. The summed E-state index contributed by atoms with van der Waals surface area (Å²) < 4.78 is 11.7. The summed E-state index contributed by atoms with van der Waals surface area (Å²) in [6.07, 6.45) is 4.32. The van der Waals surface area contributed by atoms with E-state index < -0.39 is 0 Å². The van der Waals surface area contributed by atoms with Gasteiger partial charge in [-0.3, -0.25) is 14.9 Å². The average molecular weight is 477 g/mol. The summed E-state index contributed by atoms with van der Waals surface area (Å²) in [6.45, 7) is 3.11. The van der Waals surface area contributed by atoms with E-state index in [4.69, 9.17) is 9.47 Å². The van der Waals surface area contributed by atoms with Crippen molar-refractivity contribution in [1.29, 1.82) is 0 Å². The quantitative estimate of drug-likeness (QED) is 0.445. The molecule has 1 fully saturated rings. The maximum Gasteiger partial charge on any atom is 0.290 e. The predicted molar refractivity (Wildman–Crippen MR) is 132 cm³/mol. The third-order valence-electron chi connectivity index (χ3n) is 5.03. The van der Waals surface area contributed by atoms with Crippen molar-refractivity contribution in [2.75, 3.05) is 25.1 Å². The number of thioether (sulfide) groups is 1. The van der Waals surface area contributed by atoms with E-state index in [-0.39, 0.29) is 11.1 Å². The molecule has 1 N–H and O–H groups in total. The van der Waals surface area contributed by atoms with E-state index in [1.165, 1.54) is 5.56 Å². The molecule has 174 valence electrons. The molecule has 0 aliphatic carbocycles. The van der Waals surface area contributed by atoms with Gasteiger partial charge in [-0.25, -0.2) is 4.98 Å². The number of likely N-dealkylation sites (N-methyl/N-ethyl adjacent to an activating group) is 1. The lowest BCUT2D eigenvalue weighted by molar-refractivity contribution is -0.115. The number of imide groups is 1. The van der Waals surface area contributed by atoms with Gasteiger partial charge in [-0.1, -0.05) is 31.2 Å². The van der Waals surface area contributed by atoms with Gasteiger partial charge < -0.3 is 14.4 Å². The molecule has 1 aliphatic rings. The second-order valence-electron chi connectivity index (χ2n) is 7.49. The number of nitrogens with one attached hydrogen (secondary N) is 1. The lowest BCUT2D eigenvalue weighted by atomic mass is 10.2. The first-order valence-corrected chi connectivity index (χ1v) is 11.6. The molecule has 2 amide bonds. The van der Waals surface area contributed by atoms with Gasteiger partial charge in [0.25, 0.3) is 11.1 Å². The summed E-state index contributed by atoms with van der Waals surface area (Å²) in [4.78, 5) is 34.0. The van der Waals surface area contributed by atoms with E-state index in [1.54, 1.807) is 18.3 Å². The van der Waals surface area contributed by atoms with Gasteiger partial charge >= 0.3 is 0 Å². The van der Waals surface area contributed by atoms with Crippen molar-refractivity contribution < 1.29 is 19.1 Å². The van der Waals surface area contributed by atoms with Crippen molar-refractivity contribution in [3.05, 3.63) is 76.8 Å². The summed E-state index contributed by atoms with van der Waals surface area (Å²) in [7, 11) is 1.89. The van der Waals surface area contributed by atoms with Crippen LogP contribution in [-0.4, -0.2) is 41.3 Å². The van der Waals surface area contributed by atoms with E-state index in [9.17, 15) is 9.59 Å². The standard InChI is InChI=1S/C25H24N4O4S/c1-3-17-4-10-20(11-5-17)33-22-12-13-26-24(27-22)29(2)14-15-32-19-8-6-18(7-9-19)16-21-23(30)28-25(31)34-21/h4-13,16H,3,14-15H2,1-2H3,(H,28,30,31)/b21-16-. The van der Waals surface area contributed by atoms with E-state index >= 15 is 0 Å². The lowest BCUT2D eigenvalue weighted by Crippen LogP contribution is -2.25. The zero-order valence-corrected chi connectivity index (χ0v) is 19.7. The third kappa shape index (κ3) is 6.14. The molecule has 1 aromatic heterocycles. The molecule has 0 atom stereocenters. The first-order chi connectivity index (χ1) is 16.5. The Kier molecular flexibility index (Phi) is 7.44. The largest absolute Gasteiger partial charge is 0.492 e. The van der Waals surface area contributed by atoms with Crippen molar-refractivity contribution in [3.8, 4) is 17.4 Å². The number of aromatic nitrogens is 2. The molecule has 8 nitrogen and oxygen atoms in total. The first kappa shape index (κ1) is 23.3. The Hall–Kier alpha value is -3.85. The molecule has 2 aromatic carbocycles. The fourth-order valence-electron chi connectivity index (χ4n) is 3.12. The van der Waals surface area contributed by atoms with Crippen LogP contribution in [0.15, 0.2) is 65.7 Å². The molecule has 9 heteroatoms. The van der Waals surface area contributed by atoms with Crippen LogP contribution < -0.4 is 19.7 Å². The number of hydrogen-bond donors (Lipinski definition) is 1. The van der Waals surface area contributed by atoms with Gasteiger partial charge in [0.05, 0.1) is 11.4 Å². The van der Waals surface area contributed by atoms with E-state index in [0.29, 0.717) is 35.6 Å². The van der Waals surface area contributed by atoms with Gasteiger partial charge in [-0.15, -0.1) is 0 Å². The van der Waals surface area contributed by atoms with Crippen LogP contribution in [0.1, 0.15) is 18.1 Å². The van der Waals surface area contributed by atoms with Crippen LogP contribution in [0.5, 0.6) is 17.4 Å². The number of anilines is 1. The number of aryl methyl sites for hydroxylation is 1. The Labute approximate surface area is 202 Å². The first-order valence-electron chi connectivity index (χ1n) is 10.8. The molecule has 1 aliphatic heterocycles. The van der Waals surface area contributed by atoms with Gasteiger partial charge in [-0.05, 0) is 59.7 Å². The second kappa shape index (κ2) is 10.8. The van der Waals surface area contributed by atoms with Crippen molar-refractivity contribution in [3.63, 3.8) is 0 Å². The monoisotopic (exact) mass is 476 g/mol. The molecule has 4 rings (SSSR count). The molecule has 3 aromatic rings. The lowest BCUT2D eigenvalue weighted by Gasteiger charge is -2.17. The van der Waals surface area contributed by atoms with Gasteiger partial charge in [0, 0.05) is 19.3 Å². The minimum Gasteiger partial charge on any atom is -0.492 e. The highest BCUT2D eigenvalue weighted by Crippen LogP contribution is 2.26. The Morgan fingerprint density at radius 2 is 1.76 bits per heavy atom. The van der Waals surface area contributed by atoms with Gasteiger partial charge in [0.1, 0.15) is 18.1 Å². The molecule has 34 heavy (non-hydrogen) atoms. The summed E-state index contributed by atoms with van der Waals surface area (Å²) in [6, 6.07) is 17.0. The van der Waals surface area contributed by atoms with E-state index in [0.717, 1.165) is 29.5 Å². The highest BCUT2D eigenvalue weighted by atomic mass is 32.2. The zero-order chi connectivity index (χ0) is 23.9. The summed E-state index contributed by atoms with van der Waals surface area (Å²) in [5.41, 5.74) is 2.06. The molecule has 0 spiro atoms. The van der Waals surface area contributed by atoms with E-state index in [1.807, 2.05) is 60.5 Å². The number of hydrogen-bond acceptors (Lipinski definition) is 8. The molecule has 0 bridgehead atoms. The molecule has 0 unspecified atom stereocenters. The zero-order valence-electron chi connectivity index (χ0n) is 18.9. The van der Waals surface area contributed by atoms with Crippen molar-refractivity contribution in [2.24, 2.45) is 0 Å². The highest BCUT2D eigenvalue weighted by molar-refractivity contribution is 8.18. The highest BCUT2D eigenvalue weighted by Gasteiger charge is 2.24. The number of carbonyl (C=O) groups excluding carboxylic acids is 2. The number of carbonyl (C=O) groups is 2. The maximum atomic E-state index is 11.6. The summed E-state index contributed by atoms with van der Waals surface area (Å²) in [5.74, 6) is 2.07. The molecule has 0 saturated carbocycles. The maximum absolute atomic E-state index is 11.6. The topological polar surface area (TPSA) is 93.7 Å². The molecular formula is C25H24N4O4S. The van der Waals surface area contributed by atoms with Crippen LogP contribution in [0.3, 0.4) is 0 Å². The SMILES string of the molecule is CCc1ccc(Oc2ccnc(N(C)CCOc3ccc(/C=C4\SC(=O)NC4=O)cc3)n2)cc1. The van der Waals surface area contributed by atoms with Crippen molar-refractivity contribution in [2.45, 2.75) is 13.3 Å². The van der Waals surface area contributed by atoms with Crippen LogP contribution in [0.25, 0.3) is 6.08 Å². The Balaban J connectivity index is 1.28. The Morgan fingerprint density at radius 3 is 2.44 bits per heavy atom. The van der Waals surface area contributed by atoms with Crippen LogP contribution in [0, 0.1) is 0 Å². The second-order valence-corrected chi connectivity index (χ2v) is 8.50. The average Bonchev–Trinajstić information content (AvgIpc) is 3.17. The molecule has 2 heterocycles. The van der Waals surface area contributed by atoms with Crippen molar-refractivity contribution >= 4 is 34.9 Å². The minimum atomic E-state index is -0.371. The minimum absolute atomic E-state index is 0.355. The number of amides is 2. The molecular weight excluding hydrogens is 452 g/mol. The van der Waals surface area contributed by atoms with Crippen LogP contribution >= 0.6 is 11.8 Å². The molecule has 0 radical (unpaired) electrons. The number of rotatable bonds is 9. The fourth-order valence-corrected chi connectivity index (χ4v) is 3.80. The summed E-state index contributed by atoms with van der Waals surface area (Å²) in [5, 5.41) is 1.88. The number of nitrogens with zero attached hydrogens (tertiary/aromatic N) is 3. The summed E-state index contributed by atoms with van der Waals surface area (Å²) >= 11 is 0.894. The van der Waals surface area contributed by atoms with Crippen LogP contribution in [-0.2, 0) is 11.2 Å². The smallest absolute Gasteiger partial charge is 0.290 e. The molecule has 1 saturated heterocycles. The number of benzene rings is 2. The van der Waals surface area contributed by atoms with Gasteiger partial charge in [-0.2, -0.15) is 4.98 Å². The Morgan fingerprint density at radius 1 is 1.03 bits per heavy atom. The van der Waals surface area contributed by atoms with Gasteiger partial charge in [0.15, 0.2) is 0 Å².